The summed E-state index contributed by atoms with van der Waals surface area (Å²) in [6.07, 6.45) is 4.02. The summed E-state index contributed by atoms with van der Waals surface area (Å²) >= 11 is 0. The maximum absolute atomic E-state index is 13.0. The average molecular weight is 261 g/mol. The molecule has 0 bridgehead atoms. The summed E-state index contributed by atoms with van der Waals surface area (Å²) in [5, 5.41) is 0. The number of benzene rings is 1. The zero-order valence-corrected chi connectivity index (χ0v) is 11.4. The molecule has 1 aromatic carbocycles. The van der Waals surface area contributed by atoms with E-state index in [9.17, 15) is 9.18 Å². The third-order valence-corrected chi connectivity index (χ3v) is 4.63. The molecule has 0 unspecified atom stereocenters. The molecule has 1 aliphatic carbocycles. The number of amides is 1. The molecule has 2 fully saturated rings. The largest absolute Gasteiger partial charge is 0.342 e. The van der Waals surface area contributed by atoms with Gasteiger partial charge in [-0.25, -0.2) is 4.39 Å². The van der Waals surface area contributed by atoms with Crippen LogP contribution in [0, 0.1) is 11.7 Å². The first-order valence-electron chi connectivity index (χ1n) is 7.17. The summed E-state index contributed by atoms with van der Waals surface area (Å²) in [6.45, 7) is 4.00. The third-order valence-electron chi connectivity index (χ3n) is 4.63. The number of carbonyl (C=O) groups excluding carboxylic acids is 1. The highest BCUT2D eigenvalue weighted by Gasteiger charge is 2.53. The maximum atomic E-state index is 13.0. The Morgan fingerprint density at radius 3 is 2.32 bits per heavy atom. The lowest BCUT2D eigenvalue weighted by Crippen LogP contribution is -2.43. The number of piperidine rings is 1. The highest BCUT2D eigenvalue weighted by Crippen LogP contribution is 2.50. The fourth-order valence-corrected chi connectivity index (χ4v) is 3.03. The number of carbonyl (C=O) groups is 1. The van der Waals surface area contributed by atoms with Crippen LogP contribution in [0.2, 0.25) is 0 Å². The first-order chi connectivity index (χ1) is 9.12. The summed E-state index contributed by atoms with van der Waals surface area (Å²) in [5.41, 5.74) is 0.645. The molecule has 1 aliphatic heterocycles. The number of halogens is 1. The average Bonchev–Trinajstić information content (AvgIpc) is 3.21. The van der Waals surface area contributed by atoms with E-state index < -0.39 is 0 Å². The summed E-state index contributed by atoms with van der Waals surface area (Å²) in [6, 6.07) is 6.46. The SMILES string of the molecule is CC1CCN(C(=O)C2(c3ccc(F)cc3)CC2)CC1. The van der Waals surface area contributed by atoms with Crippen molar-refractivity contribution in [2.24, 2.45) is 5.92 Å². The molecule has 0 radical (unpaired) electrons. The lowest BCUT2D eigenvalue weighted by Gasteiger charge is -2.33. The molecule has 19 heavy (non-hydrogen) atoms. The van der Waals surface area contributed by atoms with Crippen LogP contribution in [-0.2, 0) is 10.2 Å². The topological polar surface area (TPSA) is 20.3 Å². The van der Waals surface area contributed by atoms with E-state index >= 15 is 0 Å². The van der Waals surface area contributed by atoms with Crippen molar-refractivity contribution in [3.63, 3.8) is 0 Å². The Bertz CT molecular complexity index is 470. The number of rotatable bonds is 2. The highest BCUT2D eigenvalue weighted by molar-refractivity contribution is 5.91. The van der Waals surface area contributed by atoms with E-state index in [1.807, 2.05) is 4.90 Å². The molecule has 1 saturated heterocycles. The van der Waals surface area contributed by atoms with Crippen LogP contribution in [0.4, 0.5) is 4.39 Å². The second-order valence-corrected chi connectivity index (χ2v) is 6.06. The molecule has 0 spiro atoms. The van der Waals surface area contributed by atoms with Crippen LogP contribution in [-0.4, -0.2) is 23.9 Å². The summed E-state index contributed by atoms with van der Waals surface area (Å²) in [7, 11) is 0. The van der Waals surface area contributed by atoms with Gasteiger partial charge >= 0.3 is 0 Å². The third kappa shape index (κ3) is 2.26. The predicted molar refractivity (Wildman–Crippen MR) is 72.3 cm³/mol. The minimum absolute atomic E-state index is 0.237. The Hall–Kier alpha value is -1.38. The standard InChI is InChI=1S/C16H20FNO/c1-12-6-10-18(11-7-12)15(19)16(8-9-16)13-2-4-14(17)5-3-13/h2-5,12H,6-11H2,1H3. The Kier molecular flexibility index (Phi) is 3.08. The van der Waals surface area contributed by atoms with Gasteiger partial charge in [0, 0.05) is 13.1 Å². The number of likely N-dealkylation sites (tertiary alicyclic amines) is 1. The molecule has 102 valence electrons. The van der Waals surface area contributed by atoms with Gasteiger partial charge in [0.1, 0.15) is 5.82 Å². The molecule has 3 heteroatoms. The van der Waals surface area contributed by atoms with E-state index in [1.165, 1.54) is 12.1 Å². The van der Waals surface area contributed by atoms with Crippen molar-refractivity contribution in [2.45, 2.75) is 38.0 Å². The van der Waals surface area contributed by atoms with E-state index in [1.54, 1.807) is 12.1 Å². The highest BCUT2D eigenvalue weighted by atomic mass is 19.1. The molecule has 1 amide bonds. The monoisotopic (exact) mass is 261 g/mol. The lowest BCUT2D eigenvalue weighted by atomic mass is 9.92. The molecule has 1 heterocycles. The molecule has 0 aromatic heterocycles. The Morgan fingerprint density at radius 1 is 1.21 bits per heavy atom. The maximum Gasteiger partial charge on any atom is 0.233 e. The summed E-state index contributed by atoms with van der Waals surface area (Å²) in [4.78, 5) is 14.7. The van der Waals surface area contributed by atoms with E-state index in [0.717, 1.165) is 50.3 Å². The van der Waals surface area contributed by atoms with Gasteiger partial charge in [-0.2, -0.15) is 0 Å². The van der Waals surface area contributed by atoms with Crippen molar-refractivity contribution in [1.29, 1.82) is 0 Å². The summed E-state index contributed by atoms with van der Waals surface area (Å²) < 4.78 is 13.0. The number of nitrogens with zero attached hydrogens (tertiary/aromatic N) is 1. The van der Waals surface area contributed by atoms with Gasteiger partial charge in [0.2, 0.25) is 5.91 Å². The van der Waals surface area contributed by atoms with Crippen molar-refractivity contribution in [1.82, 2.24) is 4.90 Å². The number of hydrogen-bond donors (Lipinski definition) is 0. The first kappa shape index (κ1) is 12.6. The minimum Gasteiger partial charge on any atom is -0.342 e. The molecular formula is C16H20FNO. The fourth-order valence-electron chi connectivity index (χ4n) is 3.03. The molecule has 3 rings (SSSR count). The molecule has 1 aromatic rings. The Labute approximate surface area is 113 Å². The van der Waals surface area contributed by atoms with Crippen LogP contribution in [0.15, 0.2) is 24.3 Å². The van der Waals surface area contributed by atoms with Crippen molar-refractivity contribution in [2.75, 3.05) is 13.1 Å². The normalized spacial score (nSPS) is 22.3. The van der Waals surface area contributed by atoms with Gasteiger partial charge < -0.3 is 4.90 Å². The molecule has 0 atom stereocenters. The molecule has 1 saturated carbocycles. The van der Waals surface area contributed by atoms with E-state index in [0.29, 0.717) is 0 Å². The van der Waals surface area contributed by atoms with Crippen molar-refractivity contribution < 1.29 is 9.18 Å². The first-order valence-corrected chi connectivity index (χ1v) is 7.17. The van der Waals surface area contributed by atoms with Crippen LogP contribution >= 0.6 is 0 Å². The quantitative estimate of drug-likeness (QED) is 0.801. The van der Waals surface area contributed by atoms with E-state index in [-0.39, 0.29) is 17.1 Å². The van der Waals surface area contributed by atoms with Gasteiger partial charge in [-0.05, 0) is 49.3 Å². The fraction of sp³-hybridized carbons (Fsp3) is 0.562. The smallest absolute Gasteiger partial charge is 0.233 e. The Morgan fingerprint density at radius 2 is 1.79 bits per heavy atom. The second kappa shape index (κ2) is 4.62. The lowest BCUT2D eigenvalue weighted by molar-refractivity contribution is -0.135. The van der Waals surface area contributed by atoms with Crippen LogP contribution in [0.3, 0.4) is 0 Å². The van der Waals surface area contributed by atoms with Crippen LogP contribution in [0.1, 0.15) is 38.2 Å². The zero-order valence-electron chi connectivity index (χ0n) is 11.4. The van der Waals surface area contributed by atoms with Gasteiger partial charge in [-0.3, -0.25) is 4.79 Å². The summed E-state index contributed by atoms with van der Waals surface area (Å²) in [5.74, 6) is 0.745. The van der Waals surface area contributed by atoms with Gasteiger partial charge in [0.05, 0.1) is 5.41 Å². The van der Waals surface area contributed by atoms with Crippen molar-refractivity contribution in [3.05, 3.63) is 35.6 Å². The van der Waals surface area contributed by atoms with E-state index in [2.05, 4.69) is 6.92 Å². The molecule has 2 nitrogen and oxygen atoms in total. The van der Waals surface area contributed by atoms with Crippen molar-refractivity contribution >= 4 is 5.91 Å². The minimum atomic E-state index is -0.339. The molecular weight excluding hydrogens is 241 g/mol. The van der Waals surface area contributed by atoms with Gasteiger partial charge in [0.15, 0.2) is 0 Å². The van der Waals surface area contributed by atoms with Crippen LogP contribution in [0.25, 0.3) is 0 Å². The van der Waals surface area contributed by atoms with Gasteiger partial charge in [0.25, 0.3) is 0 Å². The number of hydrogen-bond acceptors (Lipinski definition) is 1. The van der Waals surface area contributed by atoms with E-state index in [4.69, 9.17) is 0 Å². The second-order valence-electron chi connectivity index (χ2n) is 6.06. The van der Waals surface area contributed by atoms with Gasteiger partial charge in [-0.1, -0.05) is 19.1 Å². The molecule has 0 N–H and O–H groups in total. The van der Waals surface area contributed by atoms with Crippen molar-refractivity contribution in [3.8, 4) is 0 Å². The Balaban J connectivity index is 1.77. The van der Waals surface area contributed by atoms with Gasteiger partial charge in [-0.15, -0.1) is 0 Å². The molecule has 2 aliphatic rings. The zero-order chi connectivity index (χ0) is 13.5. The predicted octanol–water partition coefficient (Wildman–Crippen LogP) is 3.12. The van der Waals surface area contributed by atoms with Crippen LogP contribution in [0.5, 0.6) is 0 Å². The van der Waals surface area contributed by atoms with Crippen LogP contribution < -0.4 is 0 Å².